The Morgan fingerprint density at radius 3 is 2.90 bits per heavy atom. The Hall–Kier alpha value is -1.65. The van der Waals surface area contributed by atoms with E-state index in [9.17, 15) is 0 Å². The summed E-state index contributed by atoms with van der Waals surface area (Å²) in [5.41, 5.74) is 10.8. The number of likely N-dealkylation sites (N-methyl/N-ethyl adjacent to an activating group) is 1. The highest BCUT2D eigenvalue weighted by atomic mass is 32.1. The molecule has 0 saturated heterocycles. The van der Waals surface area contributed by atoms with Crippen LogP contribution < -0.4 is 11.1 Å². The molecule has 1 aromatic carbocycles. The van der Waals surface area contributed by atoms with Gasteiger partial charge in [-0.15, -0.1) is 11.3 Å². The summed E-state index contributed by atoms with van der Waals surface area (Å²) in [6, 6.07) is 9.27. The molecule has 4 N–H and O–H groups in total. The fourth-order valence-electron chi connectivity index (χ4n) is 2.96. The summed E-state index contributed by atoms with van der Waals surface area (Å²) in [4.78, 5) is 0.867. The molecular weight excluding hydrogens is 266 g/mol. The molecule has 0 fully saturated rings. The molecule has 0 aliphatic heterocycles. The van der Waals surface area contributed by atoms with Gasteiger partial charge in [-0.1, -0.05) is 25.1 Å². The average Bonchev–Trinajstić information content (AvgIpc) is 3.04. The Balaban J connectivity index is 1.93. The molecule has 0 saturated carbocycles. The first-order valence-electron chi connectivity index (χ1n) is 6.96. The van der Waals surface area contributed by atoms with Gasteiger partial charge in [0.05, 0.1) is 4.88 Å². The van der Waals surface area contributed by atoms with E-state index in [1.54, 1.807) is 0 Å². The number of nitrogens with one attached hydrogen (secondary N) is 2. The van der Waals surface area contributed by atoms with Crippen molar-refractivity contribution in [3.63, 3.8) is 0 Å². The molecular formula is C16H19N3S. The van der Waals surface area contributed by atoms with Crippen LogP contribution in [-0.2, 0) is 12.8 Å². The molecule has 104 valence electrons. The normalized spacial score (nSPS) is 17.1. The van der Waals surface area contributed by atoms with Crippen LogP contribution in [0.4, 0.5) is 0 Å². The maximum absolute atomic E-state index is 7.66. The molecule has 20 heavy (non-hydrogen) atoms. The molecule has 4 heteroatoms. The second-order valence-electron chi connectivity index (χ2n) is 5.22. The summed E-state index contributed by atoms with van der Waals surface area (Å²) in [6.07, 6.45) is 2.21. The summed E-state index contributed by atoms with van der Waals surface area (Å²) in [5, 5.41) is 13.2. The molecule has 0 spiro atoms. The first-order valence-corrected chi connectivity index (χ1v) is 7.84. The molecule has 1 heterocycles. The summed E-state index contributed by atoms with van der Waals surface area (Å²) in [7, 11) is 0. The molecule has 1 aliphatic rings. The number of amidine groups is 1. The van der Waals surface area contributed by atoms with Gasteiger partial charge in [0.2, 0.25) is 0 Å². The van der Waals surface area contributed by atoms with Crippen molar-refractivity contribution in [3.8, 4) is 11.1 Å². The van der Waals surface area contributed by atoms with Crippen molar-refractivity contribution in [1.29, 1.82) is 5.41 Å². The van der Waals surface area contributed by atoms with Gasteiger partial charge >= 0.3 is 0 Å². The van der Waals surface area contributed by atoms with E-state index in [1.807, 2.05) is 5.38 Å². The van der Waals surface area contributed by atoms with Gasteiger partial charge in [0.25, 0.3) is 0 Å². The minimum atomic E-state index is 0.154. The number of hydrogen-bond donors (Lipinski definition) is 3. The van der Waals surface area contributed by atoms with Crippen molar-refractivity contribution in [2.45, 2.75) is 25.8 Å². The van der Waals surface area contributed by atoms with Crippen molar-refractivity contribution in [1.82, 2.24) is 5.32 Å². The number of thiophene rings is 1. The van der Waals surface area contributed by atoms with Crippen LogP contribution in [0.2, 0.25) is 0 Å². The maximum atomic E-state index is 7.66. The quantitative estimate of drug-likeness (QED) is 0.597. The minimum absolute atomic E-state index is 0.154. The van der Waals surface area contributed by atoms with Crippen molar-refractivity contribution < 1.29 is 0 Å². The average molecular weight is 285 g/mol. The van der Waals surface area contributed by atoms with E-state index in [4.69, 9.17) is 11.1 Å². The van der Waals surface area contributed by atoms with E-state index < -0.39 is 0 Å². The summed E-state index contributed by atoms with van der Waals surface area (Å²) >= 11 is 1.53. The Kier molecular flexibility index (Phi) is 3.59. The fourth-order valence-corrected chi connectivity index (χ4v) is 3.74. The van der Waals surface area contributed by atoms with E-state index in [-0.39, 0.29) is 5.84 Å². The van der Waals surface area contributed by atoms with Gasteiger partial charge in [-0.3, -0.25) is 5.41 Å². The number of fused-ring (bicyclic) bond motifs is 1. The predicted octanol–water partition coefficient (Wildman–Crippen LogP) is 2.78. The van der Waals surface area contributed by atoms with Crippen molar-refractivity contribution in [3.05, 3.63) is 45.6 Å². The topological polar surface area (TPSA) is 61.9 Å². The number of rotatable bonds is 4. The highest BCUT2D eigenvalue weighted by molar-refractivity contribution is 7.12. The van der Waals surface area contributed by atoms with Crippen LogP contribution in [0.25, 0.3) is 11.1 Å². The van der Waals surface area contributed by atoms with Crippen molar-refractivity contribution in [2.24, 2.45) is 5.73 Å². The zero-order valence-corrected chi connectivity index (χ0v) is 12.4. The second-order valence-corrected chi connectivity index (χ2v) is 6.14. The first kappa shape index (κ1) is 13.3. The maximum Gasteiger partial charge on any atom is 0.133 e. The molecule has 0 bridgehead atoms. The van der Waals surface area contributed by atoms with Crippen LogP contribution in [-0.4, -0.2) is 18.4 Å². The highest BCUT2D eigenvalue weighted by Gasteiger charge is 2.21. The first-order chi connectivity index (χ1) is 9.69. The van der Waals surface area contributed by atoms with Crippen molar-refractivity contribution >= 4 is 17.2 Å². The molecule has 1 aromatic heterocycles. The fraction of sp³-hybridized carbons (Fsp3) is 0.312. The minimum Gasteiger partial charge on any atom is -0.383 e. The molecule has 0 amide bonds. The van der Waals surface area contributed by atoms with Crippen LogP contribution in [0.5, 0.6) is 0 Å². The number of hydrogen-bond acceptors (Lipinski definition) is 3. The van der Waals surface area contributed by atoms with E-state index in [0.29, 0.717) is 6.04 Å². The lowest BCUT2D eigenvalue weighted by atomic mass is 10.0. The van der Waals surface area contributed by atoms with Gasteiger partial charge in [0, 0.05) is 11.6 Å². The molecule has 3 nitrogen and oxygen atoms in total. The zero-order chi connectivity index (χ0) is 14.1. The van der Waals surface area contributed by atoms with Crippen LogP contribution in [0, 0.1) is 5.41 Å². The van der Waals surface area contributed by atoms with Gasteiger partial charge in [-0.05, 0) is 47.5 Å². The van der Waals surface area contributed by atoms with Gasteiger partial charge in [-0.2, -0.15) is 0 Å². The molecule has 3 rings (SSSR count). The van der Waals surface area contributed by atoms with Crippen LogP contribution in [0.15, 0.2) is 29.6 Å². The van der Waals surface area contributed by atoms with E-state index in [2.05, 4.69) is 36.5 Å². The molecule has 1 aliphatic carbocycles. The summed E-state index contributed by atoms with van der Waals surface area (Å²) in [5.74, 6) is 0.154. The predicted molar refractivity (Wildman–Crippen MR) is 85.6 cm³/mol. The third kappa shape index (κ3) is 2.37. The van der Waals surface area contributed by atoms with E-state index in [1.165, 1.54) is 28.0 Å². The third-order valence-electron chi connectivity index (χ3n) is 3.85. The Bertz CT molecular complexity index is 645. The van der Waals surface area contributed by atoms with Crippen LogP contribution in [0.1, 0.15) is 22.9 Å². The van der Waals surface area contributed by atoms with E-state index >= 15 is 0 Å². The van der Waals surface area contributed by atoms with Gasteiger partial charge in [0.1, 0.15) is 5.84 Å². The van der Waals surface area contributed by atoms with Crippen LogP contribution in [0.3, 0.4) is 0 Å². The van der Waals surface area contributed by atoms with Crippen LogP contribution >= 0.6 is 11.3 Å². The Morgan fingerprint density at radius 1 is 1.35 bits per heavy atom. The summed E-state index contributed by atoms with van der Waals surface area (Å²) in [6.45, 7) is 3.17. The van der Waals surface area contributed by atoms with Crippen molar-refractivity contribution in [2.75, 3.05) is 6.54 Å². The lowest BCUT2D eigenvalue weighted by Crippen LogP contribution is -2.28. The largest absolute Gasteiger partial charge is 0.383 e. The number of nitrogen functional groups attached to an aromatic ring is 1. The SMILES string of the molecule is CCNC1Cc2ccc(-c3ccsc3C(=N)N)cc2C1. The third-order valence-corrected chi connectivity index (χ3v) is 4.80. The smallest absolute Gasteiger partial charge is 0.133 e. The number of benzene rings is 1. The monoisotopic (exact) mass is 285 g/mol. The number of nitrogens with two attached hydrogens (primary N) is 1. The standard InChI is InChI=1S/C16H19N3S/c1-2-19-13-8-10-3-4-11(7-12(10)9-13)14-5-6-20-15(14)16(17)18/h3-7,13,19H,2,8-9H2,1H3,(H3,17,18). The molecule has 1 unspecified atom stereocenters. The lowest BCUT2D eigenvalue weighted by Gasteiger charge is -2.08. The second kappa shape index (κ2) is 5.38. The molecule has 2 aromatic rings. The Morgan fingerprint density at radius 2 is 2.15 bits per heavy atom. The van der Waals surface area contributed by atoms with Gasteiger partial charge in [0.15, 0.2) is 0 Å². The Labute approximate surface area is 123 Å². The van der Waals surface area contributed by atoms with E-state index in [0.717, 1.165) is 29.8 Å². The van der Waals surface area contributed by atoms with Gasteiger partial charge < -0.3 is 11.1 Å². The molecule has 1 atom stereocenters. The van der Waals surface area contributed by atoms with Gasteiger partial charge in [-0.25, -0.2) is 0 Å². The summed E-state index contributed by atoms with van der Waals surface area (Å²) < 4.78 is 0. The zero-order valence-electron chi connectivity index (χ0n) is 11.6. The molecule has 0 radical (unpaired) electrons. The highest BCUT2D eigenvalue weighted by Crippen LogP contribution is 2.32. The lowest BCUT2D eigenvalue weighted by molar-refractivity contribution is 0.552.